The van der Waals surface area contributed by atoms with Gasteiger partial charge < -0.3 is 14.6 Å². The van der Waals surface area contributed by atoms with E-state index in [2.05, 4.69) is 0 Å². The quantitative estimate of drug-likeness (QED) is 0.441. The highest BCUT2D eigenvalue weighted by atomic mass is 16.5. The summed E-state index contributed by atoms with van der Waals surface area (Å²) in [6.45, 7) is 1.59. The van der Waals surface area contributed by atoms with Crippen LogP contribution in [0.4, 0.5) is 0 Å². The lowest BCUT2D eigenvalue weighted by molar-refractivity contribution is -0.111. The number of carbonyl (C=O) groups excluding carboxylic acids is 1. The van der Waals surface area contributed by atoms with Gasteiger partial charge in [-0.15, -0.1) is 0 Å². The van der Waals surface area contributed by atoms with E-state index in [1.54, 1.807) is 33.3 Å². The van der Waals surface area contributed by atoms with Crippen LogP contribution in [-0.4, -0.2) is 25.1 Å². The normalized spacial score (nSPS) is 12.3. The zero-order chi connectivity index (χ0) is 18.9. The standard InChI is InChI=1S/C22H22O4/c1-16(21(23)12-10-17-6-4-8-19(14-17)25-2)22(24)13-11-18-7-5-9-20(15-18)26-3/h4-15,23H,1-3H3/b12-10+,13-11+,21-16-. The second-order valence-electron chi connectivity index (χ2n) is 5.59. The minimum atomic E-state index is -0.263. The minimum absolute atomic E-state index is 0.0758. The van der Waals surface area contributed by atoms with Gasteiger partial charge in [0, 0.05) is 5.57 Å². The van der Waals surface area contributed by atoms with Crippen molar-refractivity contribution >= 4 is 17.9 Å². The number of carbonyl (C=O) groups is 1. The number of hydrogen-bond acceptors (Lipinski definition) is 4. The lowest BCUT2D eigenvalue weighted by atomic mass is 10.1. The summed E-state index contributed by atoms with van der Waals surface area (Å²) in [5.41, 5.74) is 1.98. The summed E-state index contributed by atoms with van der Waals surface area (Å²) in [7, 11) is 3.19. The third kappa shape index (κ3) is 5.38. The van der Waals surface area contributed by atoms with Crippen LogP contribution in [0.1, 0.15) is 18.1 Å². The number of aliphatic hydroxyl groups is 1. The number of allylic oxidation sites excluding steroid dienone is 3. The van der Waals surface area contributed by atoms with Crippen LogP contribution in [0, 0.1) is 0 Å². The number of aliphatic hydroxyl groups excluding tert-OH is 1. The first-order valence-electron chi connectivity index (χ1n) is 8.12. The lowest BCUT2D eigenvalue weighted by Crippen LogP contribution is -1.98. The fourth-order valence-corrected chi connectivity index (χ4v) is 2.21. The van der Waals surface area contributed by atoms with Crippen molar-refractivity contribution in [3.8, 4) is 11.5 Å². The summed E-state index contributed by atoms with van der Waals surface area (Å²) in [5.74, 6) is 1.11. The molecule has 2 aromatic rings. The van der Waals surface area contributed by atoms with E-state index < -0.39 is 0 Å². The maximum absolute atomic E-state index is 12.2. The average Bonchev–Trinajstić information content (AvgIpc) is 2.69. The second kappa shape index (κ2) is 9.28. The van der Waals surface area contributed by atoms with Crippen LogP contribution >= 0.6 is 0 Å². The minimum Gasteiger partial charge on any atom is -0.508 e. The van der Waals surface area contributed by atoms with Gasteiger partial charge in [0.15, 0.2) is 5.78 Å². The third-order valence-electron chi connectivity index (χ3n) is 3.80. The molecule has 2 rings (SSSR count). The van der Waals surface area contributed by atoms with Gasteiger partial charge in [0.1, 0.15) is 17.3 Å². The molecule has 0 atom stereocenters. The molecule has 0 aliphatic rings. The zero-order valence-corrected chi connectivity index (χ0v) is 15.1. The smallest absolute Gasteiger partial charge is 0.185 e. The Morgan fingerprint density at radius 2 is 1.38 bits per heavy atom. The van der Waals surface area contributed by atoms with Gasteiger partial charge in [-0.1, -0.05) is 36.4 Å². The Bertz CT molecular complexity index is 860. The molecule has 4 heteroatoms. The molecule has 2 aromatic carbocycles. The van der Waals surface area contributed by atoms with Crippen LogP contribution in [0.5, 0.6) is 11.5 Å². The van der Waals surface area contributed by atoms with E-state index in [0.717, 1.165) is 22.6 Å². The topological polar surface area (TPSA) is 55.8 Å². The van der Waals surface area contributed by atoms with E-state index >= 15 is 0 Å². The van der Waals surface area contributed by atoms with Crippen LogP contribution in [0.2, 0.25) is 0 Å². The largest absolute Gasteiger partial charge is 0.508 e. The molecule has 26 heavy (non-hydrogen) atoms. The van der Waals surface area contributed by atoms with Crippen molar-refractivity contribution in [3.05, 3.63) is 83.1 Å². The average molecular weight is 350 g/mol. The third-order valence-corrected chi connectivity index (χ3v) is 3.80. The highest BCUT2D eigenvalue weighted by molar-refractivity contribution is 6.06. The van der Waals surface area contributed by atoms with Gasteiger partial charge in [-0.2, -0.15) is 0 Å². The summed E-state index contributed by atoms with van der Waals surface area (Å²) < 4.78 is 10.3. The molecule has 0 unspecified atom stereocenters. The number of ether oxygens (including phenoxy) is 2. The van der Waals surface area contributed by atoms with Crippen LogP contribution in [0.25, 0.3) is 12.2 Å². The Hall–Kier alpha value is -3.27. The molecule has 0 aromatic heterocycles. The molecule has 0 bridgehead atoms. The van der Waals surface area contributed by atoms with Crippen molar-refractivity contribution in [3.63, 3.8) is 0 Å². The molecule has 0 spiro atoms. The highest BCUT2D eigenvalue weighted by Crippen LogP contribution is 2.16. The fourth-order valence-electron chi connectivity index (χ4n) is 2.21. The molecule has 0 saturated heterocycles. The summed E-state index contributed by atoms with van der Waals surface area (Å²) in [6, 6.07) is 14.8. The van der Waals surface area contributed by atoms with E-state index in [1.165, 1.54) is 12.2 Å². The summed E-state index contributed by atoms with van der Waals surface area (Å²) in [4.78, 5) is 12.2. The molecule has 0 aliphatic carbocycles. The number of benzene rings is 2. The molecule has 0 amide bonds. The molecule has 0 aliphatic heterocycles. The van der Waals surface area contributed by atoms with Crippen LogP contribution < -0.4 is 9.47 Å². The Labute approximate surface area is 153 Å². The molecule has 1 N–H and O–H groups in total. The van der Waals surface area contributed by atoms with Crippen LogP contribution in [0.3, 0.4) is 0 Å². The Morgan fingerprint density at radius 1 is 0.885 bits per heavy atom. The molecule has 0 heterocycles. The lowest BCUT2D eigenvalue weighted by Gasteiger charge is -2.02. The first kappa shape index (κ1) is 19.1. The number of ketones is 1. The predicted octanol–water partition coefficient (Wildman–Crippen LogP) is 4.83. The fraction of sp³-hybridized carbons (Fsp3) is 0.136. The molecular weight excluding hydrogens is 328 g/mol. The van der Waals surface area contributed by atoms with Crippen molar-refractivity contribution in [2.75, 3.05) is 14.2 Å². The van der Waals surface area contributed by atoms with Gasteiger partial charge in [0.05, 0.1) is 14.2 Å². The molecular formula is C22H22O4. The van der Waals surface area contributed by atoms with Gasteiger partial charge in [-0.3, -0.25) is 4.79 Å². The molecule has 0 radical (unpaired) electrons. The second-order valence-corrected chi connectivity index (χ2v) is 5.59. The Morgan fingerprint density at radius 3 is 1.88 bits per heavy atom. The van der Waals surface area contributed by atoms with Gasteiger partial charge >= 0.3 is 0 Å². The number of rotatable bonds is 7. The molecule has 0 fully saturated rings. The van der Waals surface area contributed by atoms with E-state index in [9.17, 15) is 9.90 Å². The summed E-state index contributed by atoms with van der Waals surface area (Å²) in [5, 5.41) is 10.1. The van der Waals surface area contributed by atoms with Gasteiger partial charge in [-0.05, 0) is 54.5 Å². The first-order valence-corrected chi connectivity index (χ1v) is 8.12. The number of methoxy groups -OCH3 is 2. The summed E-state index contributed by atoms with van der Waals surface area (Å²) in [6.07, 6.45) is 6.34. The monoisotopic (exact) mass is 350 g/mol. The van der Waals surface area contributed by atoms with Crippen molar-refractivity contribution < 1.29 is 19.4 Å². The highest BCUT2D eigenvalue weighted by Gasteiger charge is 2.05. The van der Waals surface area contributed by atoms with Crippen molar-refractivity contribution in [2.45, 2.75) is 6.92 Å². The van der Waals surface area contributed by atoms with E-state index in [-0.39, 0.29) is 17.1 Å². The van der Waals surface area contributed by atoms with Crippen molar-refractivity contribution in [2.24, 2.45) is 0 Å². The Balaban J connectivity index is 2.11. The van der Waals surface area contributed by atoms with E-state index in [4.69, 9.17) is 9.47 Å². The predicted molar refractivity (Wildman–Crippen MR) is 104 cm³/mol. The van der Waals surface area contributed by atoms with Crippen LogP contribution in [0.15, 0.2) is 72.0 Å². The van der Waals surface area contributed by atoms with Crippen molar-refractivity contribution in [1.82, 2.24) is 0 Å². The number of hydrogen-bond donors (Lipinski definition) is 1. The molecule has 0 saturated carbocycles. The SMILES string of the molecule is COc1cccc(/C=C/C(=O)/C(C)=C(O)/C=C/c2cccc(OC)c2)c1. The van der Waals surface area contributed by atoms with Crippen molar-refractivity contribution in [1.29, 1.82) is 0 Å². The summed E-state index contributed by atoms with van der Waals surface area (Å²) >= 11 is 0. The maximum Gasteiger partial charge on any atom is 0.185 e. The van der Waals surface area contributed by atoms with Gasteiger partial charge in [-0.25, -0.2) is 0 Å². The van der Waals surface area contributed by atoms with E-state index in [1.807, 2.05) is 48.5 Å². The maximum atomic E-state index is 12.2. The van der Waals surface area contributed by atoms with Gasteiger partial charge in [0.2, 0.25) is 0 Å². The van der Waals surface area contributed by atoms with Crippen LogP contribution in [-0.2, 0) is 4.79 Å². The first-order chi connectivity index (χ1) is 12.5. The van der Waals surface area contributed by atoms with E-state index in [0.29, 0.717) is 0 Å². The van der Waals surface area contributed by atoms with Gasteiger partial charge in [0.25, 0.3) is 0 Å². The molecule has 134 valence electrons. The Kier molecular flexibility index (Phi) is 6.80. The molecule has 4 nitrogen and oxygen atoms in total. The zero-order valence-electron chi connectivity index (χ0n) is 15.1.